The standard InChI is InChI=1S/C47H64N4O10/c1-28(60-46(6,7)8)38(41(53)49-37(43(55)56)27-59-45(3,4)5)50-40(52)36(25-30-19-13-12-14-20-30)48-42(54)39(29(2)61-47(9,10)11)51-44(57)58-26-35-33-23-17-15-21-31(33)32-22-16-18-24-34(32)35/h12-24,28-29,35-39H,25-27H2,1-11H3,(H,48,54)(H,49,53)(H,50,52)(H,51,57)(H,55,56)/t28-,29-,36+,37+,38+,39+/m1/s1. The molecule has 1 aliphatic carbocycles. The van der Waals surface area contributed by atoms with Crippen molar-refractivity contribution in [1.29, 1.82) is 0 Å². The molecule has 0 spiro atoms. The Kier molecular flexibility index (Phi) is 16.3. The largest absolute Gasteiger partial charge is 0.480 e. The van der Waals surface area contributed by atoms with Crippen molar-refractivity contribution < 1.29 is 48.0 Å². The summed E-state index contributed by atoms with van der Waals surface area (Å²) in [5.74, 6) is -3.89. The molecule has 0 heterocycles. The predicted molar refractivity (Wildman–Crippen MR) is 232 cm³/mol. The van der Waals surface area contributed by atoms with Crippen LogP contribution in [0.3, 0.4) is 0 Å². The second kappa shape index (κ2) is 20.5. The fraction of sp³-hybridized carbons (Fsp3) is 0.511. The first-order chi connectivity index (χ1) is 28.4. The van der Waals surface area contributed by atoms with Crippen molar-refractivity contribution >= 4 is 29.8 Å². The van der Waals surface area contributed by atoms with Crippen molar-refractivity contribution in [2.75, 3.05) is 13.2 Å². The number of nitrogens with one attached hydrogen (secondary N) is 4. The van der Waals surface area contributed by atoms with Crippen LogP contribution in [-0.2, 0) is 44.5 Å². The Morgan fingerprint density at radius 1 is 0.590 bits per heavy atom. The molecule has 5 N–H and O–H groups in total. The van der Waals surface area contributed by atoms with Crippen LogP contribution in [0.1, 0.15) is 98.8 Å². The average molecular weight is 845 g/mol. The molecule has 0 unspecified atom stereocenters. The number of ether oxygens (including phenoxy) is 4. The summed E-state index contributed by atoms with van der Waals surface area (Å²) in [6.45, 7) is 18.9. The molecule has 4 rings (SSSR count). The van der Waals surface area contributed by atoms with E-state index in [1.165, 1.54) is 0 Å². The minimum Gasteiger partial charge on any atom is -0.480 e. The summed E-state index contributed by atoms with van der Waals surface area (Å²) in [4.78, 5) is 68.5. The zero-order valence-electron chi connectivity index (χ0n) is 37.3. The van der Waals surface area contributed by atoms with Crippen molar-refractivity contribution in [2.24, 2.45) is 0 Å². The van der Waals surface area contributed by atoms with Crippen LogP contribution in [0.25, 0.3) is 11.1 Å². The highest BCUT2D eigenvalue weighted by Gasteiger charge is 2.38. The van der Waals surface area contributed by atoms with E-state index >= 15 is 0 Å². The lowest BCUT2D eigenvalue weighted by molar-refractivity contribution is -0.148. The Morgan fingerprint density at radius 2 is 1.05 bits per heavy atom. The number of carbonyl (C=O) groups is 5. The Morgan fingerprint density at radius 3 is 1.52 bits per heavy atom. The summed E-state index contributed by atoms with van der Waals surface area (Å²) < 4.78 is 23.7. The van der Waals surface area contributed by atoms with Gasteiger partial charge in [-0.3, -0.25) is 14.4 Å². The van der Waals surface area contributed by atoms with Crippen molar-refractivity contribution in [2.45, 2.75) is 142 Å². The molecule has 0 aliphatic heterocycles. The molecule has 0 aromatic heterocycles. The number of hydrogen-bond acceptors (Lipinski definition) is 9. The Labute approximate surface area is 359 Å². The SMILES string of the molecule is C[C@@H](OC(C)(C)C)[C@H](NC(=O)OCC1c2ccccc2-c2ccccc21)C(=O)N[C@@H](Cc1ccccc1)C(=O)N[C@H](C(=O)N[C@@H](COC(C)(C)C)C(=O)O)[C@@H](C)OC(C)(C)C. The summed E-state index contributed by atoms with van der Waals surface area (Å²) in [5.41, 5.74) is 2.69. The molecular formula is C47H64N4O10. The van der Waals surface area contributed by atoms with Crippen molar-refractivity contribution in [3.05, 3.63) is 95.6 Å². The maximum Gasteiger partial charge on any atom is 0.407 e. The van der Waals surface area contributed by atoms with Gasteiger partial charge in [-0.25, -0.2) is 9.59 Å². The van der Waals surface area contributed by atoms with Gasteiger partial charge in [-0.1, -0.05) is 78.9 Å². The van der Waals surface area contributed by atoms with Gasteiger partial charge >= 0.3 is 12.1 Å². The molecule has 14 nitrogen and oxygen atoms in total. The number of carboxylic acids is 1. The lowest BCUT2D eigenvalue weighted by Crippen LogP contribution is -2.62. The third kappa shape index (κ3) is 14.7. The number of carbonyl (C=O) groups excluding carboxylic acids is 4. The van der Waals surface area contributed by atoms with E-state index in [9.17, 15) is 29.1 Å². The summed E-state index contributed by atoms with van der Waals surface area (Å²) in [6.07, 6.45) is -2.73. The van der Waals surface area contributed by atoms with E-state index in [1.807, 2.05) is 75.4 Å². The number of benzene rings is 3. The monoisotopic (exact) mass is 844 g/mol. The predicted octanol–water partition coefficient (Wildman–Crippen LogP) is 5.90. The molecule has 4 amide bonds. The quantitative estimate of drug-likeness (QED) is 0.103. The van der Waals surface area contributed by atoms with Crippen LogP contribution in [0.2, 0.25) is 0 Å². The second-order valence-corrected chi connectivity index (χ2v) is 18.4. The molecule has 0 radical (unpaired) electrons. The number of alkyl carbamates (subject to hydrolysis) is 1. The number of hydrogen-bond donors (Lipinski definition) is 5. The van der Waals surface area contributed by atoms with Crippen LogP contribution in [0.15, 0.2) is 78.9 Å². The summed E-state index contributed by atoms with van der Waals surface area (Å²) >= 11 is 0. The number of amides is 4. The van der Waals surface area contributed by atoms with Gasteiger partial charge < -0.3 is 45.3 Å². The number of carboxylic acid groups (broad SMARTS) is 1. The van der Waals surface area contributed by atoms with Gasteiger partial charge in [0, 0.05) is 12.3 Å². The van der Waals surface area contributed by atoms with Gasteiger partial charge in [-0.05, 0) is 104 Å². The molecule has 332 valence electrons. The molecule has 61 heavy (non-hydrogen) atoms. The normalized spacial score (nSPS) is 15.8. The zero-order chi connectivity index (χ0) is 45.3. The maximum atomic E-state index is 14.4. The zero-order valence-corrected chi connectivity index (χ0v) is 37.3. The molecule has 14 heteroatoms. The Hall–Kier alpha value is -5.31. The minimum absolute atomic E-state index is 0.00505. The molecular weight excluding hydrogens is 781 g/mol. The van der Waals surface area contributed by atoms with Gasteiger partial charge in [0.15, 0.2) is 6.04 Å². The molecule has 1 aliphatic rings. The van der Waals surface area contributed by atoms with Crippen LogP contribution in [-0.4, -0.2) is 101 Å². The third-order valence-electron chi connectivity index (χ3n) is 9.71. The van der Waals surface area contributed by atoms with E-state index < -0.39 is 83.0 Å². The van der Waals surface area contributed by atoms with E-state index in [4.69, 9.17) is 18.9 Å². The van der Waals surface area contributed by atoms with Crippen molar-refractivity contribution in [3.63, 3.8) is 0 Å². The number of fused-ring (bicyclic) bond motifs is 3. The fourth-order valence-corrected chi connectivity index (χ4v) is 7.15. The first-order valence-electron chi connectivity index (χ1n) is 20.7. The molecule has 0 saturated heterocycles. The van der Waals surface area contributed by atoms with Crippen molar-refractivity contribution in [1.82, 2.24) is 21.3 Å². The molecule has 0 saturated carbocycles. The van der Waals surface area contributed by atoms with Crippen LogP contribution in [0, 0.1) is 0 Å². The molecule has 0 bridgehead atoms. The number of rotatable bonds is 18. The van der Waals surface area contributed by atoms with Crippen molar-refractivity contribution in [3.8, 4) is 11.1 Å². The summed E-state index contributed by atoms with van der Waals surface area (Å²) in [7, 11) is 0. The molecule has 3 aromatic rings. The molecule has 6 atom stereocenters. The Balaban J connectivity index is 1.60. The number of aliphatic carboxylic acids is 1. The maximum absolute atomic E-state index is 14.4. The van der Waals surface area contributed by atoms with Crippen LogP contribution in [0.4, 0.5) is 4.79 Å². The first kappa shape index (κ1) is 48.4. The smallest absolute Gasteiger partial charge is 0.407 e. The van der Waals surface area contributed by atoms with Crippen LogP contribution < -0.4 is 21.3 Å². The second-order valence-electron chi connectivity index (χ2n) is 18.4. The lowest BCUT2D eigenvalue weighted by Gasteiger charge is -2.33. The Bertz CT molecular complexity index is 1940. The lowest BCUT2D eigenvalue weighted by atomic mass is 9.98. The van der Waals surface area contributed by atoms with Gasteiger partial charge in [0.1, 0.15) is 24.7 Å². The van der Waals surface area contributed by atoms with Crippen LogP contribution >= 0.6 is 0 Å². The van der Waals surface area contributed by atoms with Gasteiger partial charge in [0.25, 0.3) is 0 Å². The van der Waals surface area contributed by atoms with Gasteiger partial charge in [-0.15, -0.1) is 0 Å². The minimum atomic E-state index is -1.44. The summed E-state index contributed by atoms with van der Waals surface area (Å²) in [5, 5.41) is 20.7. The van der Waals surface area contributed by atoms with Gasteiger partial charge in [0.05, 0.1) is 35.6 Å². The van der Waals surface area contributed by atoms with E-state index in [2.05, 4.69) is 21.3 Å². The van der Waals surface area contributed by atoms with Gasteiger partial charge in [-0.2, -0.15) is 0 Å². The highest BCUT2D eigenvalue weighted by Crippen LogP contribution is 2.44. The third-order valence-corrected chi connectivity index (χ3v) is 9.71. The van der Waals surface area contributed by atoms with Gasteiger partial charge in [0.2, 0.25) is 17.7 Å². The van der Waals surface area contributed by atoms with E-state index in [1.54, 1.807) is 79.7 Å². The van der Waals surface area contributed by atoms with E-state index in [-0.39, 0.29) is 25.6 Å². The topological polar surface area (TPSA) is 191 Å². The fourth-order valence-electron chi connectivity index (χ4n) is 7.15. The average Bonchev–Trinajstić information content (AvgIpc) is 3.48. The van der Waals surface area contributed by atoms with Crippen LogP contribution in [0.5, 0.6) is 0 Å². The summed E-state index contributed by atoms with van der Waals surface area (Å²) in [6, 6.07) is 19.4. The molecule has 0 fully saturated rings. The van der Waals surface area contributed by atoms with E-state index in [0.717, 1.165) is 22.3 Å². The molecule has 3 aromatic carbocycles. The highest BCUT2D eigenvalue weighted by molar-refractivity contribution is 5.95. The first-order valence-corrected chi connectivity index (χ1v) is 20.7. The van der Waals surface area contributed by atoms with E-state index in [0.29, 0.717) is 5.56 Å². The highest BCUT2D eigenvalue weighted by atomic mass is 16.6.